The van der Waals surface area contributed by atoms with Gasteiger partial charge in [-0.3, -0.25) is 4.79 Å². The van der Waals surface area contributed by atoms with Crippen LogP contribution in [-0.2, 0) is 4.79 Å². The van der Waals surface area contributed by atoms with Crippen LogP contribution in [0.4, 0.5) is 4.39 Å². The second kappa shape index (κ2) is 7.41. The van der Waals surface area contributed by atoms with Crippen molar-refractivity contribution in [2.75, 3.05) is 13.7 Å². The molecule has 1 amide bonds. The number of carbonyl (C=O) groups is 1. The predicted molar refractivity (Wildman–Crippen MR) is 81.9 cm³/mol. The Morgan fingerprint density at radius 2 is 2.10 bits per heavy atom. The summed E-state index contributed by atoms with van der Waals surface area (Å²) in [6, 6.07) is 4.24. The molecule has 0 aromatic heterocycles. The highest BCUT2D eigenvalue weighted by atomic mass is 19.1. The summed E-state index contributed by atoms with van der Waals surface area (Å²) in [5, 5.41) is 5.93. The van der Waals surface area contributed by atoms with Gasteiger partial charge in [0, 0.05) is 17.1 Å². The smallest absolute Gasteiger partial charge is 0.258 e. The number of benzene rings is 1. The van der Waals surface area contributed by atoms with Crippen molar-refractivity contribution in [2.45, 2.75) is 45.7 Å². The maximum Gasteiger partial charge on any atom is 0.258 e. The van der Waals surface area contributed by atoms with Crippen LogP contribution >= 0.6 is 0 Å². The molecule has 118 valence electrons. The summed E-state index contributed by atoms with van der Waals surface area (Å²) in [7, 11) is 1.79. The predicted octanol–water partition coefficient (Wildman–Crippen LogP) is 2.79. The van der Waals surface area contributed by atoms with Crippen molar-refractivity contribution in [3.63, 3.8) is 0 Å². The minimum Gasteiger partial charge on any atom is -0.483 e. The number of hydrogen-bond acceptors (Lipinski definition) is 3. The second-order valence-corrected chi connectivity index (χ2v) is 5.77. The Hall–Kier alpha value is -1.62. The van der Waals surface area contributed by atoms with Gasteiger partial charge in [-0.15, -0.1) is 0 Å². The van der Waals surface area contributed by atoms with E-state index in [9.17, 15) is 9.18 Å². The molecule has 1 aromatic rings. The maximum atomic E-state index is 13.3. The Balaban J connectivity index is 2.73. The molecule has 0 radical (unpaired) electrons. The van der Waals surface area contributed by atoms with Gasteiger partial charge in [0.2, 0.25) is 0 Å². The Kier molecular flexibility index (Phi) is 6.15. The number of nitrogens with one attached hydrogen (secondary N) is 2. The van der Waals surface area contributed by atoms with Crippen molar-refractivity contribution < 1.29 is 13.9 Å². The minimum atomic E-state index is -0.323. The number of ether oxygens (including phenoxy) is 1. The van der Waals surface area contributed by atoms with Gasteiger partial charge in [-0.1, -0.05) is 6.92 Å². The van der Waals surface area contributed by atoms with Crippen molar-refractivity contribution in [2.24, 2.45) is 0 Å². The van der Waals surface area contributed by atoms with Crippen LogP contribution in [0.25, 0.3) is 0 Å². The van der Waals surface area contributed by atoms with Crippen molar-refractivity contribution in [3.05, 3.63) is 29.6 Å². The summed E-state index contributed by atoms with van der Waals surface area (Å²) in [6.45, 7) is 7.74. The molecule has 0 aliphatic carbocycles. The zero-order valence-electron chi connectivity index (χ0n) is 13.4. The SMILES string of the molecule is CCC(C)(C)NC(=O)COc1ccc(F)cc1C(C)NC. The first-order valence-corrected chi connectivity index (χ1v) is 7.19. The third-order valence-electron chi connectivity index (χ3n) is 3.59. The van der Waals surface area contributed by atoms with Crippen LogP contribution < -0.4 is 15.4 Å². The molecule has 0 aliphatic heterocycles. The molecule has 1 rings (SSSR count). The highest BCUT2D eigenvalue weighted by Gasteiger charge is 2.19. The molecule has 1 aromatic carbocycles. The Morgan fingerprint density at radius 3 is 2.67 bits per heavy atom. The molecule has 0 bridgehead atoms. The Bertz CT molecular complexity index is 489. The highest BCUT2D eigenvalue weighted by molar-refractivity contribution is 5.78. The fraction of sp³-hybridized carbons (Fsp3) is 0.562. The summed E-state index contributed by atoms with van der Waals surface area (Å²) in [4.78, 5) is 11.9. The van der Waals surface area contributed by atoms with E-state index in [2.05, 4.69) is 10.6 Å². The summed E-state index contributed by atoms with van der Waals surface area (Å²) < 4.78 is 18.9. The van der Waals surface area contributed by atoms with Gasteiger partial charge in [0.25, 0.3) is 5.91 Å². The molecule has 1 atom stereocenters. The lowest BCUT2D eigenvalue weighted by Gasteiger charge is -2.24. The van der Waals surface area contributed by atoms with E-state index in [0.717, 1.165) is 6.42 Å². The molecule has 0 saturated heterocycles. The summed E-state index contributed by atoms with van der Waals surface area (Å²) in [6.07, 6.45) is 0.831. The van der Waals surface area contributed by atoms with E-state index in [1.165, 1.54) is 12.1 Å². The molecule has 1 unspecified atom stereocenters. The largest absolute Gasteiger partial charge is 0.483 e. The molecule has 0 heterocycles. The normalized spacial score (nSPS) is 12.9. The first-order chi connectivity index (χ1) is 9.79. The van der Waals surface area contributed by atoms with Crippen LogP contribution in [0, 0.1) is 5.82 Å². The van der Waals surface area contributed by atoms with Crippen LogP contribution in [0.1, 0.15) is 45.7 Å². The number of carbonyl (C=O) groups excluding carboxylic acids is 1. The fourth-order valence-electron chi connectivity index (χ4n) is 1.79. The van der Waals surface area contributed by atoms with Crippen molar-refractivity contribution in [1.82, 2.24) is 10.6 Å². The van der Waals surface area contributed by atoms with Gasteiger partial charge in [-0.2, -0.15) is 0 Å². The van der Waals surface area contributed by atoms with Gasteiger partial charge in [0.05, 0.1) is 0 Å². The zero-order chi connectivity index (χ0) is 16.0. The number of amides is 1. The van der Waals surface area contributed by atoms with Crippen LogP contribution in [0.3, 0.4) is 0 Å². The molecule has 2 N–H and O–H groups in total. The highest BCUT2D eigenvalue weighted by Crippen LogP contribution is 2.25. The first kappa shape index (κ1) is 17.4. The standard InChI is InChI=1S/C16H25FN2O2/c1-6-16(3,4)19-15(20)10-21-14-8-7-12(17)9-13(14)11(2)18-5/h7-9,11,18H,6,10H2,1-5H3,(H,19,20). The average Bonchev–Trinajstić information content (AvgIpc) is 2.44. The molecule has 21 heavy (non-hydrogen) atoms. The van der Waals surface area contributed by atoms with Gasteiger partial charge in [-0.05, 0) is 52.4 Å². The van der Waals surface area contributed by atoms with Crippen molar-refractivity contribution >= 4 is 5.91 Å². The third kappa shape index (κ3) is 5.34. The van der Waals surface area contributed by atoms with Gasteiger partial charge in [-0.25, -0.2) is 4.39 Å². The Morgan fingerprint density at radius 1 is 1.43 bits per heavy atom. The molecule has 0 aliphatic rings. The molecular weight excluding hydrogens is 271 g/mol. The quantitative estimate of drug-likeness (QED) is 0.813. The van der Waals surface area contributed by atoms with Crippen LogP contribution in [0.5, 0.6) is 5.75 Å². The third-order valence-corrected chi connectivity index (χ3v) is 3.59. The number of hydrogen-bond donors (Lipinski definition) is 2. The van der Waals surface area contributed by atoms with E-state index in [4.69, 9.17) is 4.74 Å². The number of halogens is 1. The molecule has 0 saturated carbocycles. The van der Waals surface area contributed by atoms with Crippen LogP contribution in [-0.4, -0.2) is 25.1 Å². The van der Waals surface area contributed by atoms with Crippen molar-refractivity contribution in [1.29, 1.82) is 0 Å². The number of rotatable bonds is 7. The lowest BCUT2D eigenvalue weighted by molar-refractivity contribution is -0.124. The summed E-state index contributed by atoms with van der Waals surface area (Å²) in [5.41, 5.74) is 0.435. The molecule has 5 heteroatoms. The van der Waals surface area contributed by atoms with Crippen LogP contribution in [0.2, 0.25) is 0 Å². The lowest BCUT2D eigenvalue weighted by Crippen LogP contribution is -2.45. The molecular formula is C16H25FN2O2. The van der Waals surface area contributed by atoms with Gasteiger partial charge in [0.1, 0.15) is 11.6 Å². The van der Waals surface area contributed by atoms with E-state index in [1.54, 1.807) is 13.1 Å². The van der Waals surface area contributed by atoms with Crippen LogP contribution in [0.15, 0.2) is 18.2 Å². The second-order valence-electron chi connectivity index (χ2n) is 5.77. The van der Waals surface area contributed by atoms with E-state index >= 15 is 0 Å². The topological polar surface area (TPSA) is 50.4 Å². The molecule has 4 nitrogen and oxygen atoms in total. The maximum absolute atomic E-state index is 13.3. The Labute approximate surface area is 126 Å². The minimum absolute atomic E-state index is 0.0640. The molecule has 0 spiro atoms. The summed E-state index contributed by atoms with van der Waals surface area (Å²) >= 11 is 0. The van der Waals surface area contributed by atoms with E-state index < -0.39 is 0 Å². The van der Waals surface area contributed by atoms with Gasteiger partial charge < -0.3 is 15.4 Å². The molecule has 0 fully saturated rings. The lowest BCUT2D eigenvalue weighted by atomic mass is 10.0. The first-order valence-electron chi connectivity index (χ1n) is 7.19. The van der Waals surface area contributed by atoms with E-state index in [1.807, 2.05) is 27.7 Å². The van der Waals surface area contributed by atoms with E-state index in [0.29, 0.717) is 11.3 Å². The van der Waals surface area contributed by atoms with Gasteiger partial charge >= 0.3 is 0 Å². The summed E-state index contributed by atoms with van der Waals surface area (Å²) in [5.74, 6) is 0.00737. The average molecular weight is 296 g/mol. The van der Waals surface area contributed by atoms with Crippen molar-refractivity contribution in [3.8, 4) is 5.75 Å². The fourth-order valence-corrected chi connectivity index (χ4v) is 1.79. The monoisotopic (exact) mass is 296 g/mol. The van der Waals surface area contributed by atoms with Gasteiger partial charge in [0.15, 0.2) is 6.61 Å². The zero-order valence-corrected chi connectivity index (χ0v) is 13.4. The van der Waals surface area contributed by atoms with E-state index in [-0.39, 0.29) is 29.9 Å².